The summed E-state index contributed by atoms with van der Waals surface area (Å²) in [6.07, 6.45) is -2.55. The van der Waals surface area contributed by atoms with Crippen LogP contribution < -0.4 is 5.32 Å². The molecule has 0 bridgehead atoms. The van der Waals surface area contributed by atoms with Crippen LogP contribution in [0.3, 0.4) is 0 Å². The van der Waals surface area contributed by atoms with Crippen molar-refractivity contribution in [3.05, 3.63) is 34.6 Å². The molecule has 100 valence electrons. The molecule has 18 heavy (non-hydrogen) atoms. The first kappa shape index (κ1) is 13.6. The number of halogens is 4. The minimum atomic E-state index is -2.55. The van der Waals surface area contributed by atoms with Crippen molar-refractivity contribution in [3.63, 3.8) is 0 Å². The lowest BCUT2D eigenvalue weighted by molar-refractivity contribution is 0.0182. The molecule has 0 saturated carbocycles. The number of hydrogen-bond donors (Lipinski definition) is 1. The van der Waals surface area contributed by atoms with E-state index in [4.69, 9.17) is 11.6 Å². The summed E-state index contributed by atoms with van der Waals surface area (Å²) in [5.74, 6) is -0.517. The van der Waals surface area contributed by atoms with Crippen LogP contribution in [0.25, 0.3) is 0 Å². The van der Waals surface area contributed by atoms with Gasteiger partial charge in [0.1, 0.15) is 5.82 Å². The van der Waals surface area contributed by atoms with Crippen LogP contribution in [0.5, 0.6) is 0 Å². The third-order valence-corrected chi connectivity index (χ3v) is 3.39. The second-order valence-corrected chi connectivity index (χ2v) is 4.64. The third kappa shape index (κ3) is 2.96. The van der Waals surface area contributed by atoms with Gasteiger partial charge in [-0.25, -0.2) is 13.2 Å². The number of rotatable bonds is 3. The number of hydrogen-bond acceptors (Lipinski definition) is 2. The second-order valence-electron chi connectivity index (χ2n) is 4.23. The highest BCUT2D eigenvalue weighted by molar-refractivity contribution is 6.31. The van der Waals surface area contributed by atoms with Crippen LogP contribution in [-0.4, -0.2) is 37.5 Å². The molecule has 0 radical (unpaired) electrons. The number of piperazine rings is 1. The number of benzene rings is 1. The first-order valence-electron chi connectivity index (χ1n) is 5.77. The number of nitrogens with one attached hydrogen (secondary N) is 1. The molecular formula is C12H14ClF3N2. The SMILES string of the molecule is Fc1ccc([C@H](C(F)F)N2CCNCC2)c(Cl)c1. The molecule has 1 fully saturated rings. The van der Waals surface area contributed by atoms with E-state index in [9.17, 15) is 13.2 Å². The Hall–Kier alpha value is -0.780. The Labute approximate surface area is 109 Å². The van der Waals surface area contributed by atoms with Crippen molar-refractivity contribution in [2.45, 2.75) is 12.5 Å². The fourth-order valence-corrected chi connectivity index (χ4v) is 2.47. The summed E-state index contributed by atoms with van der Waals surface area (Å²) in [6.45, 7) is 2.40. The Balaban J connectivity index is 2.28. The lowest BCUT2D eigenvalue weighted by Gasteiger charge is -2.35. The van der Waals surface area contributed by atoms with E-state index in [1.165, 1.54) is 12.1 Å². The molecule has 1 aliphatic rings. The van der Waals surface area contributed by atoms with Crippen LogP contribution in [0.2, 0.25) is 5.02 Å². The molecule has 1 aromatic carbocycles. The highest BCUT2D eigenvalue weighted by Gasteiger charge is 2.31. The summed E-state index contributed by atoms with van der Waals surface area (Å²) in [6, 6.07) is 2.52. The van der Waals surface area contributed by atoms with E-state index in [2.05, 4.69) is 5.32 Å². The van der Waals surface area contributed by atoms with Crippen LogP contribution in [-0.2, 0) is 0 Å². The van der Waals surface area contributed by atoms with Gasteiger partial charge in [-0.05, 0) is 17.7 Å². The molecule has 0 aliphatic carbocycles. The average molecular weight is 279 g/mol. The van der Waals surface area contributed by atoms with Crippen molar-refractivity contribution >= 4 is 11.6 Å². The predicted molar refractivity (Wildman–Crippen MR) is 64.6 cm³/mol. The lowest BCUT2D eigenvalue weighted by Crippen LogP contribution is -2.47. The van der Waals surface area contributed by atoms with Crippen molar-refractivity contribution in [3.8, 4) is 0 Å². The molecule has 1 aromatic rings. The van der Waals surface area contributed by atoms with Gasteiger partial charge < -0.3 is 5.32 Å². The fourth-order valence-electron chi connectivity index (χ4n) is 2.19. The topological polar surface area (TPSA) is 15.3 Å². The molecule has 2 nitrogen and oxygen atoms in total. The Bertz CT molecular complexity index is 408. The minimum absolute atomic E-state index is 0.0545. The van der Waals surface area contributed by atoms with Crippen LogP contribution in [0.15, 0.2) is 18.2 Å². The summed E-state index contributed by atoms with van der Waals surface area (Å²) in [4.78, 5) is 1.68. The van der Waals surface area contributed by atoms with E-state index in [0.29, 0.717) is 26.2 Å². The number of alkyl halides is 2. The monoisotopic (exact) mass is 278 g/mol. The van der Waals surface area contributed by atoms with E-state index in [-0.39, 0.29) is 10.6 Å². The molecule has 1 N–H and O–H groups in total. The maximum atomic E-state index is 13.2. The minimum Gasteiger partial charge on any atom is -0.314 e. The van der Waals surface area contributed by atoms with Gasteiger partial charge in [-0.3, -0.25) is 4.90 Å². The molecule has 0 aromatic heterocycles. The maximum absolute atomic E-state index is 13.2. The summed E-state index contributed by atoms with van der Waals surface area (Å²) < 4.78 is 39.4. The largest absolute Gasteiger partial charge is 0.314 e. The van der Waals surface area contributed by atoms with Crippen molar-refractivity contribution in [1.29, 1.82) is 0 Å². The third-order valence-electron chi connectivity index (χ3n) is 3.06. The first-order valence-corrected chi connectivity index (χ1v) is 6.15. The molecule has 1 aliphatic heterocycles. The molecule has 0 spiro atoms. The summed E-state index contributed by atoms with van der Waals surface area (Å²) in [5, 5.41) is 3.16. The second kappa shape index (κ2) is 5.91. The van der Waals surface area contributed by atoms with Gasteiger partial charge in [-0.1, -0.05) is 17.7 Å². The Morgan fingerprint density at radius 1 is 1.22 bits per heavy atom. The zero-order valence-corrected chi connectivity index (χ0v) is 10.4. The Morgan fingerprint density at radius 2 is 1.89 bits per heavy atom. The van der Waals surface area contributed by atoms with Gasteiger partial charge in [0.2, 0.25) is 0 Å². The van der Waals surface area contributed by atoms with E-state index >= 15 is 0 Å². The summed E-state index contributed by atoms with van der Waals surface area (Å²) in [5.41, 5.74) is 0.287. The zero-order valence-electron chi connectivity index (χ0n) is 9.67. The van der Waals surface area contributed by atoms with Crippen molar-refractivity contribution in [1.82, 2.24) is 10.2 Å². The molecule has 2 rings (SSSR count). The fraction of sp³-hybridized carbons (Fsp3) is 0.500. The van der Waals surface area contributed by atoms with E-state index in [1.54, 1.807) is 4.90 Å². The quantitative estimate of drug-likeness (QED) is 0.914. The predicted octanol–water partition coefficient (Wildman–Crippen LogP) is 2.69. The Kier molecular flexibility index (Phi) is 4.48. The molecule has 1 heterocycles. The molecule has 0 amide bonds. The van der Waals surface area contributed by atoms with Gasteiger partial charge in [-0.15, -0.1) is 0 Å². The average Bonchev–Trinajstić information content (AvgIpc) is 2.33. The van der Waals surface area contributed by atoms with Gasteiger partial charge in [-0.2, -0.15) is 0 Å². The van der Waals surface area contributed by atoms with Crippen molar-refractivity contribution < 1.29 is 13.2 Å². The van der Waals surface area contributed by atoms with Gasteiger partial charge in [0.25, 0.3) is 6.43 Å². The molecule has 6 heteroatoms. The highest BCUT2D eigenvalue weighted by Crippen LogP contribution is 2.33. The van der Waals surface area contributed by atoms with E-state index < -0.39 is 18.3 Å². The molecule has 0 unspecified atom stereocenters. The van der Waals surface area contributed by atoms with Crippen LogP contribution in [0, 0.1) is 5.82 Å². The van der Waals surface area contributed by atoms with Crippen molar-refractivity contribution in [2.75, 3.05) is 26.2 Å². The van der Waals surface area contributed by atoms with Crippen LogP contribution in [0.1, 0.15) is 11.6 Å². The van der Waals surface area contributed by atoms with E-state index in [1.807, 2.05) is 0 Å². The first-order chi connectivity index (χ1) is 8.59. The van der Waals surface area contributed by atoms with Crippen LogP contribution in [0.4, 0.5) is 13.2 Å². The summed E-state index contributed by atoms with van der Waals surface area (Å²) in [7, 11) is 0. The van der Waals surface area contributed by atoms with Crippen LogP contribution >= 0.6 is 11.6 Å². The molecular weight excluding hydrogens is 265 g/mol. The van der Waals surface area contributed by atoms with Gasteiger partial charge >= 0.3 is 0 Å². The standard InChI is InChI=1S/C12H14ClF3N2/c13-10-7-8(14)1-2-9(10)11(12(15)16)18-5-3-17-4-6-18/h1-2,7,11-12,17H,3-6H2/t11-/m1/s1. The Morgan fingerprint density at radius 3 is 2.44 bits per heavy atom. The van der Waals surface area contributed by atoms with E-state index in [0.717, 1.165) is 6.07 Å². The zero-order chi connectivity index (χ0) is 13.1. The highest BCUT2D eigenvalue weighted by atomic mass is 35.5. The van der Waals surface area contributed by atoms with Gasteiger partial charge in [0.15, 0.2) is 0 Å². The van der Waals surface area contributed by atoms with Crippen molar-refractivity contribution in [2.24, 2.45) is 0 Å². The maximum Gasteiger partial charge on any atom is 0.258 e. The lowest BCUT2D eigenvalue weighted by atomic mass is 10.0. The normalized spacial score (nSPS) is 19.2. The summed E-state index contributed by atoms with van der Waals surface area (Å²) >= 11 is 5.87. The molecule has 1 atom stereocenters. The molecule has 1 saturated heterocycles. The van der Waals surface area contributed by atoms with Gasteiger partial charge in [0, 0.05) is 31.2 Å². The smallest absolute Gasteiger partial charge is 0.258 e. The van der Waals surface area contributed by atoms with Gasteiger partial charge in [0.05, 0.1) is 6.04 Å². The number of nitrogens with zero attached hydrogens (tertiary/aromatic N) is 1.